The van der Waals surface area contributed by atoms with Gasteiger partial charge in [0.05, 0.1) is 19.6 Å². The van der Waals surface area contributed by atoms with Crippen molar-refractivity contribution < 1.29 is 14.7 Å². The van der Waals surface area contributed by atoms with Gasteiger partial charge in [0.25, 0.3) is 0 Å². The largest absolute Gasteiger partial charge is 0.409 e. The van der Waals surface area contributed by atoms with Crippen molar-refractivity contribution in [2.75, 3.05) is 39.4 Å². The van der Waals surface area contributed by atoms with Crippen molar-refractivity contribution in [3.05, 3.63) is 0 Å². The first-order chi connectivity index (χ1) is 8.22. The molecular formula is C10H20N4O3. The van der Waals surface area contributed by atoms with Gasteiger partial charge < -0.3 is 21.0 Å². The molecule has 7 nitrogen and oxygen atoms in total. The Balaban J connectivity index is 2.01. The molecule has 98 valence electrons. The number of amidine groups is 1. The maximum atomic E-state index is 11.2. The lowest BCUT2D eigenvalue weighted by Crippen LogP contribution is -2.38. The molecule has 0 aliphatic carbocycles. The predicted molar refractivity (Wildman–Crippen MR) is 62.9 cm³/mol. The third kappa shape index (κ3) is 6.08. The first kappa shape index (κ1) is 13.7. The molecule has 17 heavy (non-hydrogen) atoms. The van der Waals surface area contributed by atoms with E-state index in [1.54, 1.807) is 0 Å². The molecular weight excluding hydrogens is 224 g/mol. The van der Waals surface area contributed by atoms with E-state index in [2.05, 4.69) is 15.4 Å². The Bertz CT molecular complexity index is 264. The summed E-state index contributed by atoms with van der Waals surface area (Å²) in [6.45, 7) is 5.05. The van der Waals surface area contributed by atoms with Gasteiger partial charge >= 0.3 is 0 Å². The molecule has 0 aromatic heterocycles. The second-order valence-corrected chi connectivity index (χ2v) is 3.93. The summed E-state index contributed by atoms with van der Waals surface area (Å²) in [6.07, 6.45) is 0.829. The fraction of sp³-hybridized carbons (Fsp3) is 0.800. The number of carbonyl (C=O) groups is 1. The molecule has 4 N–H and O–H groups in total. The maximum absolute atomic E-state index is 11.2. The van der Waals surface area contributed by atoms with Gasteiger partial charge in [-0.05, 0) is 13.0 Å². The third-order valence-corrected chi connectivity index (χ3v) is 2.55. The van der Waals surface area contributed by atoms with E-state index in [-0.39, 0.29) is 18.2 Å². The number of nitrogens with two attached hydrogens (primary N) is 1. The van der Waals surface area contributed by atoms with Gasteiger partial charge in [-0.15, -0.1) is 0 Å². The summed E-state index contributed by atoms with van der Waals surface area (Å²) < 4.78 is 5.24. The Kier molecular flexibility index (Phi) is 6.34. The SMILES string of the molecule is N/C(CC(=O)NCCCN1CCOCC1)=N\O. The highest BCUT2D eigenvalue weighted by Gasteiger charge is 2.09. The Labute approximate surface area is 101 Å². The number of ether oxygens (including phenoxy) is 1. The molecule has 1 aliphatic heterocycles. The van der Waals surface area contributed by atoms with Crippen LogP contribution in [-0.4, -0.2) is 61.2 Å². The number of morpholine rings is 1. The van der Waals surface area contributed by atoms with Gasteiger partial charge in [0.1, 0.15) is 5.84 Å². The van der Waals surface area contributed by atoms with Gasteiger partial charge in [0, 0.05) is 19.6 Å². The van der Waals surface area contributed by atoms with Gasteiger partial charge in [0.2, 0.25) is 5.91 Å². The minimum Gasteiger partial charge on any atom is -0.409 e. The molecule has 0 unspecified atom stereocenters. The van der Waals surface area contributed by atoms with E-state index in [4.69, 9.17) is 15.7 Å². The van der Waals surface area contributed by atoms with Crippen LogP contribution in [0.4, 0.5) is 0 Å². The lowest BCUT2D eigenvalue weighted by atomic mass is 10.3. The van der Waals surface area contributed by atoms with Crippen molar-refractivity contribution in [1.82, 2.24) is 10.2 Å². The number of hydrogen-bond acceptors (Lipinski definition) is 5. The molecule has 0 spiro atoms. The van der Waals surface area contributed by atoms with Crippen LogP contribution in [0, 0.1) is 0 Å². The number of hydrogen-bond donors (Lipinski definition) is 3. The quantitative estimate of drug-likeness (QED) is 0.182. The summed E-state index contributed by atoms with van der Waals surface area (Å²) in [4.78, 5) is 13.6. The number of amides is 1. The number of nitrogens with zero attached hydrogens (tertiary/aromatic N) is 2. The molecule has 1 rings (SSSR count). The van der Waals surface area contributed by atoms with E-state index in [0.29, 0.717) is 6.54 Å². The second kappa shape index (κ2) is 7.86. The standard InChI is InChI=1S/C10H20N4O3/c11-9(13-16)8-10(15)12-2-1-3-14-4-6-17-7-5-14/h16H,1-8H2,(H2,11,13)(H,12,15). The average Bonchev–Trinajstić information content (AvgIpc) is 2.36. The molecule has 0 bridgehead atoms. The van der Waals surface area contributed by atoms with Gasteiger partial charge in [-0.25, -0.2) is 0 Å². The maximum Gasteiger partial charge on any atom is 0.227 e. The van der Waals surface area contributed by atoms with Gasteiger partial charge in [-0.3, -0.25) is 9.69 Å². The Hall–Kier alpha value is -1.34. The van der Waals surface area contributed by atoms with Gasteiger partial charge in [-0.1, -0.05) is 5.16 Å². The van der Waals surface area contributed by atoms with E-state index in [9.17, 15) is 4.79 Å². The predicted octanol–water partition coefficient (Wildman–Crippen LogP) is -1.04. The van der Waals surface area contributed by atoms with Crippen LogP contribution >= 0.6 is 0 Å². The van der Waals surface area contributed by atoms with E-state index in [1.807, 2.05) is 0 Å². The molecule has 1 fully saturated rings. The fourth-order valence-electron chi connectivity index (χ4n) is 1.62. The summed E-state index contributed by atoms with van der Waals surface area (Å²) >= 11 is 0. The minimum absolute atomic E-state index is 0.0615. The van der Waals surface area contributed by atoms with E-state index in [1.165, 1.54) is 0 Å². The topological polar surface area (TPSA) is 100 Å². The highest BCUT2D eigenvalue weighted by molar-refractivity contribution is 5.98. The summed E-state index contributed by atoms with van der Waals surface area (Å²) in [6, 6.07) is 0. The zero-order valence-corrected chi connectivity index (χ0v) is 9.89. The van der Waals surface area contributed by atoms with Crippen molar-refractivity contribution in [1.29, 1.82) is 0 Å². The number of nitrogens with one attached hydrogen (secondary N) is 1. The first-order valence-corrected chi connectivity index (χ1v) is 5.75. The summed E-state index contributed by atoms with van der Waals surface area (Å²) in [5, 5.41) is 13.8. The van der Waals surface area contributed by atoms with Crippen molar-refractivity contribution in [3.63, 3.8) is 0 Å². The molecule has 1 heterocycles. The third-order valence-electron chi connectivity index (χ3n) is 2.55. The van der Waals surface area contributed by atoms with E-state index < -0.39 is 0 Å². The molecule has 7 heteroatoms. The van der Waals surface area contributed by atoms with Crippen LogP contribution in [0.3, 0.4) is 0 Å². The van der Waals surface area contributed by atoms with Crippen LogP contribution in [0.2, 0.25) is 0 Å². The van der Waals surface area contributed by atoms with Crippen LogP contribution in [-0.2, 0) is 9.53 Å². The first-order valence-electron chi connectivity index (χ1n) is 5.75. The van der Waals surface area contributed by atoms with Crippen molar-refractivity contribution in [3.8, 4) is 0 Å². The molecule has 0 aromatic carbocycles. The molecule has 0 aromatic rings. The van der Waals surface area contributed by atoms with Crippen molar-refractivity contribution >= 4 is 11.7 Å². The summed E-state index contributed by atoms with van der Waals surface area (Å²) in [7, 11) is 0. The highest BCUT2D eigenvalue weighted by atomic mass is 16.5. The van der Waals surface area contributed by atoms with Crippen LogP contribution in [0.1, 0.15) is 12.8 Å². The summed E-state index contributed by atoms with van der Waals surface area (Å²) in [5.41, 5.74) is 5.21. The Morgan fingerprint density at radius 3 is 2.82 bits per heavy atom. The normalized spacial score (nSPS) is 18.0. The number of carbonyl (C=O) groups excluding carboxylic acids is 1. The number of rotatable bonds is 6. The van der Waals surface area contributed by atoms with Crippen molar-refractivity contribution in [2.45, 2.75) is 12.8 Å². The minimum atomic E-state index is -0.220. The summed E-state index contributed by atoms with van der Waals surface area (Å²) in [5.74, 6) is -0.294. The van der Waals surface area contributed by atoms with Crippen LogP contribution in [0.25, 0.3) is 0 Å². The second-order valence-electron chi connectivity index (χ2n) is 3.93. The van der Waals surface area contributed by atoms with Gasteiger partial charge in [0.15, 0.2) is 0 Å². The highest BCUT2D eigenvalue weighted by Crippen LogP contribution is 1.97. The molecule has 0 atom stereocenters. The molecule has 1 saturated heterocycles. The van der Waals surface area contributed by atoms with E-state index >= 15 is 0 Å². The molecule has 0 radical (unpaired) electrons. The number of oxime groups is 1. The molecule has 0 saturated carbocycles. The average molecular weight is 244 g/mol. The Morgan fingerprint density at radius 1 is 1.47 bits per heavy atom. The zero-order chi connectivity index (χ0) is 12.5. The molecule has 1 aliphatic rings. The van der Waals surface area contributed by atoms with Crippen LogP contribution in [0.5, 0.6) is 0 Å². The van der Waals surface area contributed by atoms with Crippen LogP contribution in [0.15, 0.2) is 5.16 Å². The van der Waals surface area contributed by atoms with Crippen LogP contribution < -0.4 is 11.1 Å². The van der Waals surface area contributed by atoms with Gasteiger partial charge in [-0.2, -0.15) is 0 Å². The Morgan fingerprint density at radius 2 is 2.18 bits per heavy atom. The molecule has 1 amide bonds. The fourth-order valence-corrected chi connectivity index (χ4v) is 1.62. The lowest BCUT2D eigenvalue weighted by Gasteiger charge is -2.26. The zero-order valence-electron chi connectivity index (χ0n) is 9.89. The monoisotopic (exact) mass is 244 g/mol. The smallest absolute Gasteiger partial charge is 0.227 e. The lowest BCUT2D eigenvalue weighted by molar-refractivity contribution is -0.119. The van der Waals surface area contributed by atoms with Crippen molar-refractivity contribution in [2.24, 2.45) is 10.9 Å². The van der Waals surface area contributed by atoms with E-state index in [0.717, 1.165) is 39.3 Å².